The standard InChI is InChI=1S/C23H21FN2O4S/c1-30-20-9-11-21(12-10-20)31(28,29)26-15-17-6-3-2-5-16(17)13-22(26)23(27)25-19-8-4-7-18(24)14-19/h2-12,14,22H,13,15H2,1H3,(H,25,27)/t22-/m1/s1. The maximum absolute atomic E-state index is 13.5. The summed E-state index contributed by atoms with van der Waals surface area (Å²) >= 11 is 0. The lowest BCUT2D eigenvalue weighted by atomic mass is 9.95. The van der Waals surface area contributed by atoms with Gasteiger partial charge in [-0.15, -0.1) is 0 Å². The third-order valence-corrected chi connectivity index (χ3v) is 7.14. The van der Waals surface area contributed by atoms with Crippen LogP contribution in [0.1, 0.15) is 11.1 Å². The smallest absolute Gasteiger partial charge is 0.244 e. The monoisotopic (exact) mass is 440 g/mol. The van der Waals surface area contributed by atoms with Crippen molar-refractivity contribution < 1.29 is 22.3 Å². The summed E-state index contributed by atoms with van der Waals surface area (Å²) in [6.45, 7) is 0.0613. The number of halogens is 1. The first kappa shape index (κ1) is 21.0. The highest BCUT2D eigenvalue weighted by Crippen LogP contribution is 2.30. The van der Waals surface area contributed by atoms with E-state index < -0.39 is 27.8 Å². The molecule has 0 aliphatic carbocycles. The van der Waals surface area contributed by atoms with Crippen LogP contribution < -0.4 is 10.1 Å². The van der Waals surface area contributed by atoms with E-state index in [-0.39, 0.29) is 23.5 Å². The van der Waals surface area contributed by atoms with E-state index in [0.717, 1.165) is 11.1 Å². The maximum atomic E-state index is 13.5. The molecule has 1 heterocycles. The Hall–Kier alpha value is -3.23. The summed E-state index contributed by atoms with van der Waals surface area (Å²) in [4.78, 5) is 13.2. The minimum atomic E-state index is -3.98. The topological polar surface area (TPSA) is 75.7 Å². The lowest BCUT2D eigenvalue weighted by Gasteiger charge is -2.35. The number of sulfonamides is 1. The van der Waals surface area contributed by atoms with Gasteiger partial charge in [-0.25, -0.2) is 12.8 Å². The van der Waals surface area contributed by atoms with E-state index in [1.165, 1.54) is 41.7 Å². The zero-order chi connectivity index (χ0) is 22.0. The minimum absolute atomic E-state index is 0.0613. The first-order chi connectivity index (χ1) is 14.9. The van der Waals surface area contributed by atoms with Crippen LogP contribution >= 0.6 is 0 Å². The van der Waals surface area contributed by atoms with Gasteiger partial charge < -0.3 is 10.1 Å². The van der Waals surface area contributed by atoms with Crippen LogP contribution in [0.5, 0.6) is 5.75 Å². The first-order valence-electron chi connectivity index (χ1n) is 9.67. The van der Waals surface area contributed by atoms with E-state index in [2.05, 4.69) is 5.32 Å². The average molecular weight is 440 g/mol. The van der Waals surface area contributed by atoms with Crippen LogP contribution in [0.25, 0.3) is 0 Å². The van der Waals surface area contributed by atoms with E-state index in [1.54, 1.807) is 18.2 Å². The zero-order valence-corrected chi connectivity index (χ0v) is 17.6. The Balaban J connectivity index is 1.70. The fourth-order valence-electron chi connectivity index (χ4n) is 3.65. The number of benzene rings is 3. The van der Waals surface area contributed by atoms with Gasteiger partial charge in [0.1, 0.15) is 17.6 Å². The molecular weight excluding hydrogens is 419 g/mol. The quantitative estimate of drug-likeness (QED) is 0.658. The zero-order valence-electron chi connectivity index (χ0n) is 16.8. The van der Waals surface area contributed by atoms with Gasteiger partial charge in [-0.3, -0.25) is 4.79 Å². The number of methoxy groups -OCH3 is 1. The molecular formula is C23H21FN2O4S. The van der Waals surface area contributed by atoms with Crippen molar-refractivity contribution in [1.82, 2.24) is 4.31 Å². The predicted octanol–water partition coefficient (Wildman–Crippen LogP) is 3.59. The molecule has 1 atom stereocenters. The van der Waals surface area contributed by atoms with Crippen molar-refractivity contribution in [1.29, 1.82) is 0 Å². The summed E-state index contributed by atoms with van der Waals surface area (Å²) in [6, 6.07) is 18.0. The van der Waals surface area contributed by atoms with Crippen LogP contribution in [0.15, 0.2) is 77.7 Å². The van der Waals surface area contributed by atoms with Crippen molar-refractivity contribution in [2.24, 2.45) is 0 Å². The Morgan fingerprint density at radius 3 is 2.42 bits per heavy atom. The van der Waals surface area contributed by atoms with Gasteiger partial charge in [-0.05, 0) is 60.0 Å². The molecule has 8 heteroatoms. The highest BCUT2D eigenvalue weighted by atomic mass is 32.2. The third kappa shape index (κ3) is 4.30. The predicted molar refractivity (Wildman–Crippen MR) is 115 cm³/mol. The van der Waals surface area contributed by atoms with E-state index in [4.69, 9.17) is 4.74 Å². The van der Waals surface area contributed by atoms with Gasteiger partial charge in [-0.2, -0.15) is 4.31 Å². The molecule has 0 aromatic heterocycles. The molecule has 3 aromatic rings. The lowest BCUT2D eigenvalue weighted by Crippen LogP contribution is -2.50. The molecule has 0 bridgehead atoms. The second-order valence-corrected chi connectivity index (χ2v) is 9.10. The Morgan fingerprint density at radius 1 is 1.03 bits per heavy atom. The second-order valence-electron chi connectivity index (χ2n) is 7.21. The van der Waals surface area contributed by atoms with Gasteiger partial charge in [0.15, 0.2) is 0 Å². The number of rotatable bonds is 5. The second kappa shape index (κ2) is 8.49. The fraction of sp³-hybridized carbons (Fsp3) is 0.174. The van der Waals surface area contributed by atoms with Gasteiger partial charge in [0.25, 0.3) is 0 Å². The van der Waals surface area contributed by atoms with Crippen molar-refractivity contribution in [2.75, 3.05) is 12.4 Å². The molecule has 0 fully saturated rings. The van der Waals surface area contributed by atoms with E-state index in [9.17, 15) is 17.6 Å². The van der Waals surface area contributed by atoms with Crippen molar-refractivity contribution in [2.45, 2.75) is 23.9 Å². The number of carbonyl (C=O) groups is 1. The van der Waals surface area contributed by atoms with Crippen molar-refractivity contribution in [3.05, 3.63) is 89.7 Å². The van der Waals surface area contributed by atoms with Crippen LogP contribution in [0.3, 0.4) is 0 Å². The Bertz CT molecular complexity index is 1210. The fourth-order valence-corrected chi connectivity index (χ4v) is 5.22. The molecule has 1 aliphatic heterocycles. The number of hydrogen-bond donors (Lipinski definition) is 1. The summed E-state index contributed by atoms with van der Waals surface area (Å²) in [6.07, 6.45) is 0.215. The molecule has 1 aliphatic rings. The molecule has 0 saturated heterocycles. The number of amides is 1. The summed E-state index contributed by atoms with van der Waals surface area (Å²) in [5.74, 6) is -0.477. The molecule has 4 rings (SSSR count). The summed E-state index contributed by atoms with van der Waals surface area (Å²) in [7, 11) is -2.48. The van der Waals surface area contributed by atoms with Crippen LogP contribution in [0, 0.1) is 5.82 Å². The van der Waals surface area contributed by atoms with Crippen LogP contribution in [0.2, 0.25) is 0 Å². The lowest BCUT2D eigenvalue weighted by molar-refractivity contribution is -0.120. The molecule has 0 saturated carbocycles. The van der Waals surface area contributed by atoms with Gasteiger partial charge in [0.05, 0.1) is 12.0 Å². The maximum Gasteiger partial charge on any atom is 0.244 e. The van der Waals surface area contributed by atoms with Crippen LogP contribution in [-0.2, 0) is 27.8 Å². The summed E-state index contributed by atoms with van der Waals surface area (Å²) < 4.78 is 46.8. The summed E-state index contributed by atoms with van der Waals surface area (Å²) in [5, 5.41) is 2.65. The molecule has 0 unspecified atom stereocenters. The molecule has 6 nitrogen and oxygen atoms in total. The molecule has 0 radical (unpaired) electrons. The number of carbonyl (C=O) groups excluding carboxylic acids is 1. The van der Waals surface area contributed by atoms with Gasteiger partial charge >= 0.3 is 0 Å². The van der Waals surface area contributed by atoms with Gasteiger partial charge in [0, 0.05) is 12.2 Å². The number of hydrogen-bond acceptors (Lipinski definition) is 4. The highest BCUT2D eigenvalue weighted by Gasteiger charge is 2.39. The van der Waals surface area contributed by atoms with Crippen LogP contribution in [0.4, 0.5) is 10.1 Å². The molecule has 1 N–H and O–H groups in total. The number of ether oxygens (including phenoxy) is 1. The first-order valence-corrected chi connectivity index (χ1v) is 11.1. The number of anilines is 1. The van der Waals surface area contributed by atoms with Gasteiger partial charge in [-0.1, -0.05) is 30.3 Å². The Kier molecular flexibility index (Phi) is 5.75. The minimum Gasteiger partial charge on any atom is -0.497 e. The van der Waals surface area contributed by atoms with Crippen molar-refractivity contribution >= 4 is 21.6 Å². The normalized spacial score (nSPS) is 16.4. The van der Waals surface area contributed by atoms with Crippen molar-refractivity contribution in [3.8, 4) is 5.75 Å². The van der Waals surface area contributed by atoms with Gasteiger partial charge in [0.2, 0.25) is 15.9 Å². The molecule has 160 valence electrons. The Morgan fingerprint density at radius 2 is 1.74 bits per heavy atom. The third-order valence-electron chi connectivity index (χ3n) is 5.27. The number of nitrogens with one attached hydrogen (secondary N) is 1. The molecule has 31 heavy (non-hydrogen) atoms. The number of fused-ring (bicyclic) bond motifs is 1. The van der Waals surface area contributed by atoms with E-state index in [0.29, 0.717) is 5.75 Å². The molecule has 3 aromatic carbocycles. The van der Waals surface area contributed by atoms with Crippen LogP contribution in [-0.4, -0.2) is 31.8 Å². The Labute approximate surface area is 180 Å². The number of nitrogens with zero attached hydrogens (tertiary/aromatic N) is 1. The SMILES string of the molecule is COc1ccc(S(=O)(=O)N2Cc3ccccc3C[C@@H]2C(=O)Nc2cccc(F)c2)cc1. The average Bonchev–Trinajstić information content (AvgIpc) is 2.78. The van der Waals surface area contributed by atoms with E-state index in [1.807, 2.05) is 24.3 Å². The van der Waals surface area contributed by atoms with Crippen molar-refractivity contribution in [3.63, 3.8) is 0 Å². The molecule has 1 amide bonds. The highest BCUT2D eigenvalue weighted by molar-refractivity contribution is 7.89. The van der Waals surface area contributed by atoms with E-state index >= 15 is 0 Å². The molecule has 0 spiro atoms. The largest absolute Gasteiger partial charge is 0.497 e. The summed E-state index contributed by atoms with van der Waals surface area (Å²) in [5.41, 5.74) is 2.02.